The molecule has 0 radical (unpaired) electrons. The zero-order valence-corrected chi connectivity index (χ0v) is 13.0. The topological polar surface area (TPSA) is 82.6 Å². The van der Waals surface area contributed by atoms with E-state index in [4.69, 9.17) is 9.84 Å². The zero-order valence-electron chi connectivity index (χ0n) is 13.0. The Hall–Kier alpha value is -2.34. The molecule has 1 amide bonds. The van der Waals surface area contributed by atoms with Crippen molar-refractivity contribution in [3.8, 4) is 0 Å². The Morgan fingerprint density at radius 3 is 3.04 bits per heavy atom. The Balaban J connectivity index is 1.64. The summed E-state index contributed by atoms with van der Waals surface area (Å²) in [7, 11) is 0. The fraction of sp³-hybridized carbons (Fsp3) is 0.412. The summed E-state index contributed by atoms with van der Waals surface area (Å²) in [5, 5.41) is 10.1. The number of carbonyl (C=O) groups is 2. The standard InChI is InChI=1S/C17H20N2O4/c1-11-3-2-4-13-12(9-18-16(11)13)5-6-15(20)19-7-8-23-14(10-19)17(21)22/h2-4,9,14,18H,5-8,10H2,1H3,(H,21,22)/t14-/m1/s1. The lowest BCUT2D eigenvalue weighted by Gasteiger charge is -2.30. The number of nitrogens with zero attached hydrogens (tertiary/aromatic N) is 1. The molecule has 0 aliphatic carbocycles. The van der Waals surface area contributed by atoms with Gasteiger partial charge in [-0.15, -0.1) is 0 Å². The number of nitrogens with one attached hydrogen (secondary N) is 1. The molecule has 2 N–H and O–H groups in total. The van der Waals surface area contributed by atoms with Crippen molar-refractivity contribution in [1.82, 2.24) is 9.88 Å². The highest BCUT2D eigenvalue weighted by molar-refractivity contribution is 5.86. The van der Waals surface area contributed by atoms with Crippen molar-refractivity contribution in [3.05, 3.63) is 35.5 Å². The van der Waals surface area contributed by atoms with Crippen molar-refractivity contribution in [2.24, 2.45) is 0 Å². The van der Waals surface area contributed by atoms with Crippen LogP contribution in [-0.4, -0.2) is 52.7 Å². The van der Waals surface area contributed by atoms with Crippen molar-refractivity contribution in [2.45, 2.75) is 25.9 Å². The van der Waals surface area contributed by atoms with Gasteiger partial charge in [0, 0.05) is 30.1 Å². The molecule has 6 nitrogen and oxygen atoms in total. The highest BCUT2D eigenvalue weighted by atomic mass is 16.5. The zero-order chi connectivity index (χ0) is 16.4. The van der Waals surface area contributed by atoms with Crippen LogP contribution in [0.4, 0.5) is 0 Å². The van der Waals surface area contributed by atoms with Gasteiger partial charge in [-0.1, -0.05) is 18.2 Å². The SMILES string of the molecule is Cc1cccc2c(CCC(=O)N3CCO[C@@H](C(=O)O)C3)c[nH]c12. The number of aryl methyl sites for hydroxylation is 2. The van der Waals surface area contributed by atoms with E-state index in [1.54, 1.807) is 4.90 Å². The van der Waals surface area contributed by atoms with E-state index in [-0.39, 0.29) is 19.1 Å². The molecule has 2 aromatic rings. The van der Waals surface area contributed by atoms with Crippen LogP contribution in [0, 0.1) is 6.92 Å². The largest absolute Gasteiger partial charge is 0.479 e. The maximum Gasteiger partial charge on any atom is 0.334 e. The Bertz CT molecular complexity index is 737. The van der Waals surface area contributed by atoms with E-state index in [1.165, 1.54) is 5.56 Å². The number of carboxylic acids is 1. The Kier molecular flexibility index (Phi) is 4.34. The number of ether oxygens (including phenoxy) is 1. The van der Waals surface area contributed by atoms with Crippen molar-refractivity contribution < 1.29 is 19.4 Å². The average molecular weight is 316 g/mol. The second-order valence-corrected chi connectivity index (χ2v) is 5.85. The third-order valence-corrected chi connectivity index (χ3v) is 4.31. The van der Waals surface area contributed by atoms with Crippen LogP contribution in [0.1, 0.15) is 17.5 Å². The van der Waals surface area contributed by atoms with E-state index in [9.17, 15) is 9.59 Å². The van der Waals surface area contributed by atoms with Crippen molar-refractivity contribution in [1.29, 1.82) is 0 Å². The van der Waals surface area contributed by atoms with E-state index in [0.29, 0.717) is 19.4 Å². The van der Waals surface area contributed by atoms with Gasteiger partial charge in [0.25, 0.3) is 0 Å². The highest BCUT2D eigenvalue weighted by Gasteiger charge is 2.28. The number of rotatable bonds is 4. The van der Waals surface area contributed by atoms with Crippen LogP contribution in [0.2, 0.25) is 0 Å². The fourth-order valence-electron chi connectivity index (χ4n) is 3.00. The molecule has 2 heterocycles. The van der Waals surface area contributed by atoms with Gasteiger partial charge in [-0.2, -0.15) is 0 Å². The third-order valence-electron chi connectivity index (χ3n) is 4.31. The number of aliphatic carboxylic acids is 1. The summed E-state index contributed by atoms with van der Waals surface area (Å²) in [5.41, 5.74) is 3.39. The molecule has 1 aliphatic heterocycles. The first-order valence-electron chi connectivity index (χ1n) is 7.74. The monoisotopic (exact) mass is 316 g/mol. The summed E-state index contributed by atoms with van der Waals surface area (Å²) in [6, 6.07) is 6.11. The van der Waals surface area contributed by atoms with Crippen LogP contribution >= 0.6 is 0 Å². The van der Waals surface area contributed by atoms with Crippen LogP contribution in [0.5, 0.6) is 0 Å². The maximum absolute atomic E-state index is 12.3. The predicted molar refractivity (Wildman–Crippen MR) is 85.3 cm³/mol. The number of fused-ring (bicyclic) bond motifs is 1. The molecule has 0 bridgehead atoms. The normalized spacial score (nSPS) is 18.3. The van der Waals surface area contributed by atoms with Crippen LogP contribution in [0.25, 0.3) is 10.9 Å². The van der Waals surface area contributed by atoms with Gasteiger partial charge in [-0.3, -0.25) is 4.79 Å². The van der Waals surface area contributed by atoms with Gasteiger partial charge >= 0.3 is 5.97 Å². The predicted octanol–water partition coefficient (Wildman–Crippen LogP) is 1.72. The molecule has 1 atom stereocenters. The molecule has 0 spiro atoms. The van der Waals surface area contributed by atoms with Crippen molar-refractivity contribution >= 4 is 22.8 Å². The number of hydrogen-bond acceptors (Lipinski definition) is 3. The van der Waals surface area contributed by atoms with Crippen LogP contribution in [-0.2, 0) is 20.7 Å². The lowest BCUT2D eigenvalue weighted by Crippen LogP contribution is -2.48. The van der Waals surface area contributed by atoms with Gasteiger partial charge < -0.3 is 19.7 Å². The second-order valence-electron chi connectivity index (χ2n) is 5.85. The number of amides is 1. The molecule has 1 aromatic heterocycles. The number of benzene rings is 1. The van der Waals surface area contributed by atoms with Crippen LogP contribution in [0.3, 0.4) is 0 Å². The van der Waals surface area contributed by atoms with Gasteiger partial charge in [0.1, 0.15) is 0 Å². The Labute approximate surface area is 134 Å². The molecule has 6 heteroatoms. The minimum Gasteiger partial charge on any atom is -0.479 e. The summed E-state index contributed by atoms with van der Waals surface area (Å²) < 4.78 is 5.14. The minimum absolute atomic E-state index is 0.0263. The molecule has 1 aromatic carbocycles. The highest BCUT2D eigenvalue weighted by Crippen LogP contribution is 2.22. The molecule has 122 valence electrons. The fourth-order valence-corrected chi connectivity index (χ4v) is 3.00. The summed E-state index contributed by atoms with van der Waals surface area (Å²) in [4.78, 5) is 28.2. The van der Waals surface area contributed by atoms with E-state index in [1.807, 2.05) is 31.3 Å². The number of morpholine rings is 1. The summed E-state index contributed by atoms with van der Waals surface area (Å²) in [6.07, 6.45) is 2.04. The molecular weight excluding hydrogens is 296 g/mol. The van der Waals surface area contributed by atoms with Crippen LogP contribution in [0.15, 0.2) is 24.4 Å². The molecule has 1 fully saturated rings. The van der Waals surface area contributed by atoms with Crippen LogP contribution < -0.4 is 0 Å². The molecule has 0 saturated carbocycles. The van der Waals surface area contributed by atoms with Gasteiger partial charge in [0.2, 0.25) is 5.91 Å². The van der Waals surface area contributed by atoms with E-state index in [0.717, 1.165) is 16.5 Å². The molecule has 1 aliphatic rings. The van der Waals surface area contributed by atoms with Gasteiger partial charge in [-0.25, -0.2) is 4.79 Å². The average Bonchev–Trinajstić information content (AvgIpc) is 2.97. The number of aromatic nitrogens is 1. The van der Waals surface area contributed by atoms with Gasteiger partial charge in [0.15, 0.2) is 6.10 Å². The molecule has 3 rings (SSSR count). The summed E-state index contributed by atoms with van der Waals surface area (Å²) >= 11 is 0. The number of para-hydroxylation sites is 1. The van der Waals surface area contributed by atoms with E-state index in [2.05, 4.69) is 4.98 Å². The quantitative estimate of drug-likeness (QED) is 0.900. The number of H-pyrrole nitrogens is 1. The first-order valence-corrected chi connectivity index (χ1v) is 7.74. The molecular formula is C17H20N2O4. The van der Waals surface area contributed by atoms with Crippen molar-refractivity contribution in [2.75, 3.05) is 19.7 Å². The number of aromatic amines is 1. The van der Waals surface area contributed by atoms with Crippen molar-refractivity contribution in [3.63, 3.8) is 0 Å². The van der Waals surface area contributed by atoms with Gasteiger partial charge in [-0.05, 0) is 24.5 Å². The number of carboxylic acid groups (broad SMARTS) is 1. The first-order chi connectivity index (χ1) is 11.1. The van der Waals surface area contributed by atoms with E-state index < -0.39 is 12.1 Å². The number of carbonyl (C=O) groups excluding carboxylic acids is 1. The maximum atomic E-state index is 12.3. The first kappa shape index (κ1) is 15.6. The minimum atomic E-state index is -1.02. The van der Waals surface area contributed by atoms with E-state index >= 15 is 0 Å². The summed E-state index contributed by atoms with van der Waals surface area (Å²) in [6.45, 7) is 2.90. The Morgan fingerprint density at radius 2 is 2.26 bits per heavy atom. The Morgan fingerprint density at radius 1 is 1.43 bits per heavy atom. The molecule has 0 unspecified atom stereocenters. The lowest BCUT2D eigenvalue weighted by molar-refractivity contribution is -0.159. The second kappa shape index (κ2) is 6.42. The summed E-state index contributed by atoms with van der Waals surface area (Å²) in [5.74, 6) is -1.05. The number of hydrogen-bond donors (Lipinski definition) is 2. The lowest BCUT2D eigenvalue weighted by atomic mass is 10.1. The smallest absolute Gasteiger partial charge is 0.334 e. The van der Waals surface area contributed by atoms with Gasteiger partial charge in [0.05, 0.1) is 13.2 Å². The third kappa shape index (κ3) is 3.22. The molecule has 1 saturated heterocycles. The molecule has 23 heavy (non-hydrogen) atoms.